The third-order valence-corrected chi connectivity index (χ3v) is 5.63. The predicted octanol–water partition coefficient (Wildman–Crippen LogP) is 6.31. The van der Waals surface area contributed by atoms with Crippen molar-refractivity contribution in [2.75, 3.05) is 13.2 Å². The van der Waals surface area contributed by atoms with Gasteiger partial charge >= 0.3 is 0 Å². The summed E-state index contributed by atoms with van der Waals surface area (Å²) in [5.41, 5.74) is 1.57. The van der Waals surface area contributed by atoms with Gasteiger partial charge in [-0.25, -0.2) is 4.98 Å². The van der Waals surface area contributed by atoms with Crippen molar-refractivity contribution in [3.8, 4) is 23.1 Å². The normalized spacial score (nSPS) is 11.4. The summed E-state index contributed by atoms with van der Waals surface area (Å²) >= 11 is 6.14. The monoisotopic (exact) mass is 499 g/mol. The molecular weight excluding hydrogens is 478 g/mol. The summed E-state index contributed by atoms with van der Waals surface area (Å²) in [6.07, 6.45) is 3.23. The number of aromatic nitrogens is 2. The summed E-state index contributed by atoms with van der Waals surface area (Å²) in [6.45, 7) is 6.40. The third kappa shape index (κ3) is 4.61. The first-order valence-electron chi connectivity index (χ1n) is 11.3. The molecule has 3 aromatic carbocycles. The molecule has 5 aromatic rings. The molecule has 0 N–H and O–H groups in total. The van der Waals surface area contributed by atoms with Crippen molar-refractivity contribution < 1.29 is 13.9 Å². The van der Waals surface area contributed by atoms with Crippen LogP contribution in [-0.2, 0) is 0 Å². The highest BCUT2D eigenvalue weighted by atomic mass is 35.5. The average molecular weight is 500 g/mol. The zero-order valence-corrected chi connectivity index (χ0v) is 20.2. The molecule has 5 rings (SSSR count). The lowest BCUT2D eigenvalue weighted by molar-refractivity contribution is 0.297. The van der Waals surface area contributed by atoms with Gasteiger partial charge in [0, 0.05) is 10.4 Å². The van der Waals surface area contributed by atoms with Crippen molar-refractivity contribution in [1.82, 2.24) is 9.66 Å². The number of hydrogen-bond donors (Lipinski definition) is 0. The maximum absolute atomic E-state index is 13.4. The van der Waals surface area contributed by atoms with Crippen molar-refractivity contribution in [3.05, 3.63) is 100 Å². The fourth-order valence-electron chi connectivity index (χ4n) is 3.78. The Bertz CT molecular complexity index is 1670. The number of furan rings is 1. The van der Waals surface area contributed by atoms with Crippen LogP contribution in [0.2, 0.25) is 5.02 Å². The van der Waals surface area contributed by atoms with Crippen LogP contribution >= 0.6 is 11.6 Å². The van der Waals surface area contributed by atoms with Gasteiger partial charge in [-0.15, -0.1) is 0 Å². The standard InChI is InChI=1S/C28H22ClN3O4/c1-3-13-35-24-11-9-18(14-25(24)34-4-2)17-30-32-27(31-22-8-6-5-7-21(22)28(32)33)26-16-19-15-20(29)10-12-23(19)36-26/h3,5-12,14-17H,1,4,13H2,2H3. The first-order chi connectivity index (χ1) is 17.6. The summed E-state index contributed by atoms with van der Waals surface area (Å²) in [6, 6.07) is 19.6. The van der Waals surface area contributed by atoms with E-state index in [2.05, 4.69) is 11.7 Å². The highest BCUT2D eigenvalue weighted by Gasteiger charge is 2.16. The molecule has 0 spiro atoms. The number of fused-ring (bicyclic) bond motifs is 2. The van der Waals surface area contributed by atoms with Gasteiger partial charge in [0.25, 0.3) is 5.56 Å². The molecule has 0 saturated carbocycles. The zero-order valence-electron chi connectivity index (χ0n) is 19.5. The van der Waals surface area contributed by atoms with Crippen molar-refractivity contribution in [3.63, 3.8) is 0 Å². The fraction of sp³-hybridized carbons (Fsp3) is 0.107. The van der Waals surface area contributed by atoms with Crippen LogP contribution in [0.4, 0.5) is 0 Å². The van der Waals surface area contributed by atoms with Gasteiger partial charge in [0.15, 0.2) is 17.3 Å². The Kier molecular flexibility index (Phi) is 6.56. The highest BCUT2D eigenvalue weighted by Crippen LogP contribution is 2.30. The van der Waals surface area contributed by atoms with Crippen LogP contribution in [-0.4, -0.2) is 29.1 Å². The van der Waals surface area contributed by atoms with Crippen LogP contribution in [0.5, 0.6) is 11.5 Å². The molecule has 0 atom stereocenters. The van der Waals surface area contributed by atoms with E-state index in [1.807, 2.05) is 19.1 Å². The van der Waals surface area contributed by atoms with Crippen molar-refractivity contribution in [2.45, 2.75) is 6.92 Å². The summed E-state index contributed by atoms with van der Waals surface area (Å²) in [5, 5.41) is 6.33. The van der Waals surface area contributed by atoms with E-state index in [0.29, 0.717) is 57.5 Å². The molecule has 0 radical (unpaired) electrons. The van der Waals surface area contributed by atoms with Crippen molar-refractivity contribution >= 4 is 39.7 Å². The van der Waals surface area contributed by atoms with Gasteiger partial charge in [-0.05, 0) is 67.1 Å². The van der Waals surface area contributed by atoms with Gasteiger partial charge < -0.3 is 13.9 Å². The van der Waals surface area contributed by atoms with Gasteiger partial charge in [-0.1, -0.05) is 36.4 Å². The van der Waals surface area contributed by atoms with E-state index in [9.17, 15) is 4.79 Å². The van der Waals surface area contributed by atoms with E-state index in [0.717, 1.165) is 5.39 Å². The second-order valence-corrected chi connectivity index (χ2v) is 8.28. The molecule has 0 fully saturated rings. The molecule has 0 amide bonds. The van der Waals surface area contributed by atoms with E-state index in [1.165, 1.54) is 4.68 Å². The van der Waals surface area contributed by atoms with Crippen LogP contribution in [0, 0.1) is 0 Å². The van der Waals surface area contributed by atoms with Gasteiger partial charge in [-0.2, -0.15) is 9.78 Å². The molecule has 180 valence electrons. The van der Waals surface area contributed by atoms with E-state index in [-0.39, 0.29) is 11.4 Å². The van der Waals surface area contributed by atoms with E-state index in [4.69, 9.17) is 30.5 Å². The first kappa shape index (κ1) is 23.4. The quantitative estimate of drug-likeness (QED) is 0.185. The van der Waals surface area contributed by atoms with Gasteiger partial charge in [0.05, 0.1) is 23.7 Å². The van der Waals surface area contributed by atoms with E-state index in [1.54, 1.807) is 66.9 Å². The molecule has 0 unspecified atom stereocenters. The van der Waals surface area contributed by atoms with Gasteiger partial charge in [0.2, 0.25) is 5.82 Å². The molecule has 0 aliphatic carbocycles. The lowest BCUT2D eigenvalue weighted by Gasteiger charge is -2.11. The van der Waals surface area contributed by atoms with Crippen LogP contribution in [0.25, 0.3) is 33.5 Å². The lowest BCUT2D eigenvalue weighted by atomic mass is 10.2. The summed E-state index contributed by atoms with van der Waals surface area (Å²) in [7, 11) is 0. The van der Waals surface area contributed by atoms with Gasteiger partial charge in [-0.3, -0.25) is 4.79 Å². The average Bonchev–Trinajstić information content (AvgIpc) is 3.31. The maximum Gasteiger partial charge on any atom is 0.282 e. The Morgan fingerprint density at radius 2 is 1.94 bits per heavy atom. The number of nitrogens with zero attached hydrogens (tertiary/aromatic N) is 3. The SMILES string of the molecule is C=CCOc1ccc(C=Nn2c(-c3cc4cc(Cl)ccc4o3)nc3ccccc3c2=O)cc1OCC. The van der Waals surface area contributed by atoms with Crippen molar-refractivity contribution in [1.29, 1.82) is 0 Å². The van der Waals surface area contributed by atoms with E-state index >= 15 is 0 Å². The molecule has 2 aromatic heterocycles. The third-order valence-electron chi connectivity index (χ3n) is 5.40. The number of hydrogen-bond acceptors (Lipinski definition) is 6. The Balaban J connectivity index is 1.63. The molecule has 7 nitrogen and oxygen atoms in total. The van der Waals surface area contributed by atoms with E-state index < -0.39 is 0 Å². The van der Waals surface area contributed by atoms with Gasteiger partial charge in [0.1, 0.15) is 12.2 Å². The smallest absolute Gasteiger partial charge is 0.282 e. The maximum atomic E-state index is 13.4. The second kappa shape index (κ2) is 10.1. The molecule has 0 saturated heterocycles. The van der Waals surface area contributed by atoms with Crippen LogP contribution in [0.1, 0.15) is 12.5 Å². The van der Waals surface area contributed by atoms with Crippen LogP contribution in [0.3, 0.4) is 0 Å². The number of ether oxygens (including phenoxy) is 2. The largest absolute Gasteiger partial charge is 0.490 e. The molecular formula is C28H22ClN3O4. The number of para-hydroxylation sites is 1. The minimum absolute atomic E-state index is 0.276. The Morgan fingerprint density at radius 1 is 1.08 bits per heavy atom. The molecule has 0 aliphatic heterocycles. The molecule has 8 heteroatoms. The zero-order chi connectivity index (χ0) is 25.1. The summed E-state index contributed by atoms with van der Waals surface area (Å²) < 4.78 is 18.6. The number of halogens is 1. The molecule has 0 aliphatic rings. The summed E-state index contributed by atoms with van der Waals surface area (Å²) in [5.74, 6) is 1.84. The first-order valence-corrected chi connectivity index (χ1v) is 11.7. The predicted molar refractivity (Wildman–Crippen MR) is 143 cm³/mol. The Labute approximate surface area is 211 Å². The highest BCUT2D eigenvalue weighted by molar-refractivity contribution is 6.31. The Morgan fingerprint density at radius 3 is 2.78 bits per heavy atom. The van der Waals surface area contributed by atoms with Crippen LogP contribution < -0.4 is 15.0 Å². The molecule has 0 bridgehead atoms. The fourth-order valence-corrected chi connectivity index (χ4v) is 3.96. The molecule has 36 heavy (non-hydrogen) atoms. The topological polar surface area (TPSA) is 78.9 Å². The van der Waals surface area contributed by atoms with Crippen LogP contribution in [0.15, 0.2) is 93.7 Å². The van der Waals surface area contributed by atoms with Crippen molar-refractivity contribution in [2.24, 2.45) is 5.10 Å². The Hall–Kier alpha value is -4.36. The summed E-state index contributed by atoms with van der Waals surface area (Å²) in [4.78, 5) is 18.1. The second-order valence-electron chi connectivity index (χ2n) is 7.85. The number of benzene rings is 3. The minimum atomic E-state index is -0.318. The minimum Gasteiger partial charge on any atom is -0.490 e. The molecule has 2 heterocycles. The lowest BCUT2D eigenvalue weighted by Crippen LogP contribution is -2.20. The number of rotatable bonds is 8.